The Labute approximate surface area is 158 Å². The van der Waals surface area contributed by atoms with Gasteiger partial charge in [0, 0.05) is 18.1 Å². The van der Waals surface area contributed by atoms with E-state index in [0.29, 0.717) is 0 Å². The zero-order valence-corrected chi connectivity index (χ0v) is 14.8. The van der Waals surface area contributed by atoms with E-state index in [0.717, 1.165) is 29.1 Å². The first kappa shape index (κ1) is 16.8. The highest BCUT2D eigenvalue weighted by atomic mass is 16.2. The van der Waals surface area contributed by atoms with Crippen LogP contribution in [0.4, 0.5) is 5.69 Å². The Morgan fingerprint density at radius 3 is 2.52 bits per heavy atom. The van der Waals surface area contributed by atoms with Crippen molar-refractivity contribution in [2.45, 2.75) is 6.42 Å². The van der Waals surface area contributed by atoms with Gasteiger partial charge in [0.15, 0.2) is 0 Å². The third-order valence-electron chi connectivity index (χ3n) is 4.31. The number of para-hydroxylation sites is 2. The Morgan fingerprint density at radius 2 is 1.74 bits per heavy atom. The predicted molar refractivity (Wildman–Crippen MR) is 107 cm³/mol. The molecule has 0 unspecified atom stereocenters. The zero-order chi connectivity index (χ0) is 18.5. The lowest BCUT2D eigenvalue weighted by atomic mass is 10.1. The summed E-state index contributed by atoms with van der Waals surface area (Å²) < 4.78 is 1.92. The van der Waals surface area contributed by atoms with Gasteiger partial charge in [0.1, 0.15) is 6.54 Å². The fraction of sp³-hybridized carbons (Fsp3) is 0.0909. The molecular formula is C22H20N4O. The van der Waals surface area contributed by atoms with E-state index in [4.69, 9.17) is 0 Å². The zero-order valence-electron chi connectivity index (χ0n) is 14.8. The van der Waals surface area contributed by atoms with Crippen molar-refractivity contribution >= 4 is 17.2 Å². The number of carbonyl (C=O) groups excluding carboxylic acids is 1. The monoisotopic (exact) mass is 356 g/mol. The van der Waals surface area contributed by atoms with Crippen LogP contribution in [0.2, 0.25) is 0 Å². The van der Waals surface area contributed by atoms with Crippen molar-refractivity contribution in [2.24, 2.45) is 0 Å². The summed E-state index contributed by atoms with van der Waals surface area (Å²) in [4.78, 5) is 14.2. The smallest absolute Gasteiger partial charge is 0.244 e. The predicted octanol–water partition coefficient (Wildman–Crippen LogP) is 4.07. The van der Waals surface area contributed by atoms with Crippen LogP contribution >= 0.6 is 0 Å². The number of nitrogens with one attached hydrogen (secondary N) is 1. The third kappa shape index (κ3) is 3.98. The van der Waals surface area contributed by atoms with Gasteiger partial charge in [-0.05, 0) is 42.3 Å². The molecule has 1 aliphatic rings. The lowest BCUT2D eigenvalue weighted by Crippen LogP contribution is -2.27. The van der Waals surface area contributed by atoms with Crippen molar-refractivity contribution in [1.29, 1.82) is 0 Å². The Balaban J connectivity index is 1.50. The molecule has 0 bridgehead atoms. The molecule has 5 nitrogen and oxygen atoms in total. The number of benzene rings is 2. The normalized spacial score (nSPS) is 13.3. The van der Waals surface area contributed by atoms with Crippen LogP contribution in [0.3, 0.4) is 0 Å². The number of nitrogens with zero attached hydrogens (tertiary/aromatic N) is 3. The molecule has 0 saturated heterocycles. The largest absolute Gasteiger partial charge is 0.345 e. The molecule has 0 aliphatic carbocycles. The van der Waals surface area contributed by atoms with Crippen molar-refractivity contribution in [2.75, 3.05) is 11.9 Å². The summed E-state index contributed by atoms with van der Waals surface area (Å²) in [5.41, 5.74) is 3.96. The van der Waals surface area contributed by atoms with E-state index >= 15 is 0 Å². The molecule has 1 aliphatic heterocycles. The maximum Gasteiger partial charge on any atom is 0.244 e. The molecule has 0 radical (unpaired) electrons. The van der Waals surface area contributed by atoms with Crippen LogP contribution < -0.4 is 5.32 Å². The number of anilines is 1. The molecular weight excluding hydrogens is 336 g/mol. The lowest BCUT2D eigenvalue weighted by Gasteiger charge is -2.21. The van der Waals surface area contributed by atoms with Gasteiger partial charge in [0.25, 0.3) is 0 Å². The first-order chi connectivity index (χ1) is 13.3. The van der Waals surface area contributed by atoms with E-state index in [2.05, 4.69) is 16.5 Å². The molecule has 2 heterocycles. The van der Waals surface area contributed by atoms with Gasteiger partial charge in [0.05, 0.1) is 17.6 Å². The average Bonchev–Trinajstić information content (AvgIpc) is 3.19. The molecule has 0 saturated carbocycles. The summed E-state index contributed by atoms with van der Waals surface area (Å²) in [6.45, 7) is 0.258. The molecule has 1 amide bonds. The molecule has 0 spiro atoms. The van der Waals surface area contributed by atoms with Crippen molar-refractivity contribution in [3.05, 3.63) is 97.1 Å². The van der Waals surface area contributed by atoms with Crippen LogP contribution in [0.1, 0.15) is 12.1 Å². The number of allylic oxidation sites excluding steroid dienone is 2. The molecule has 1 N–H and O–H groups in total. The Kier molecular flexibility index (Phi) is 4.83. The van der Waals surface area contributed by atoms with E-state index in [1.165, 1.54) is 0 Å². The highest BCUT2D eigenvalue weighted by Crippen LogP contribution is 2.25. The second-order valence-electron chi connectivity index (χ2n) is 6.29. The quantitative estimate of drug-likeness (QED) is 0.750. The Morgan fingerprint density at radius 1 is 1.00 bits per heavy atom. The molecule has 3 aromatic rings. The van der Waals surface area contributed by atoms with Crippen LogP contribution in [-0.2, 0) is 4.79 Å². The summed E-state index contributed by atoms with van der Waals surface area (Å²) in [7, 11) is 0. The summed E-state index contributed by atoms with van der Waals surface area (Å²) in [6.07, 6.45) is 8.62. The average molecular weight is 356 g/mol. The first-order valence-corrected chi connectivity index (χ1v) is 8.87. The third-order valence-corrected chi connectivity index (χ3v) is 4.31. The number of aromatic nitrogens is 2. The van der Waals surface area contributed by atoms with Gasteiger partial charge in [-0.2, -0.15) is 5.10 Å². The molecule has 5 heteroatoms. The maximum absolute atomic E-state index is 12.3. The SMILES string of the molecule is O=C(CN1C=CCC(c2ccnn2-c2ccccc2)=C1)Nc1ccccc1. The van der Waals surface area contributed by atoms with Gasteiger partial charge in [-0.25, -0.2) is 4.68 Å². The topological polar surface area (TPSA) is 50.2 Å². The minimum absolute atomic E-state index is 0.0556. The van der Waals surface area contributed by atoms with Crippen molar-refractivity contribution < 1.29 is 4.79 Å². The minimum Gasteiger partial charge on any atom is -0.345 e. The summed E-state index contributed by atoms with van der Waals surface area (Å²) in [5, 5.41) is 7.37. The van der Waals surface area contributed by atoms with Crippen LogP contribution in [0.5, 0.6) is 0 Å². The van der Waals surface area contributed by atoms with Crippen LogP contribution in [0, 0.1) is 0 Å². The minimum atomic E-state index is -0.0556. The van der Waals surface area contributed by atoms with Gasteiger partial charge in [-0.1, -0.05) is 42.5 Å². The Bertz CT molecular complexity index is 974. The molecule has 0 atom stereocenters. The van der Waals surface area contributed by atoms with Gasteiger partial charge < -0.3 is 10.2 Å². The first-order valence-electron chi connectivity index (χ1n) is 8.87. The number of hydrogen-bond donors (Lipinski definition) is 1. The number of amides is 1. The van der Waals surface area contributed by atoms with E-state index in [9.17, 15) is 4.79 Å². The molecule has 134 valence electrons. The molecule has 2 aromatic carbocycles. The lowest BCUT2D eigenvalue weighted by molar-refractivity contribution is -0.116. The van der Waals surface area contributed by atoms with Crippen molar-refractivity contribution in [1.82, 2.24) is 14.7 Å². The standard InChI is InChI=1S/C22H20N4O/c27-22(24-19-9-3-1-4-10-19)17-25-15-7-8-18(16-25)21-13-14-23-26(21)20-11-5-2-6-12-20/h1-7,9-16H,8,17H2,(H,24,27). The Hall–Kier alpha value is -3.60. The molecule has 1 aromatic heterocycles. The van der Waals surface area contributed by atoms with Gasteiger partial charge >= 0.3 is 0 Å². The van der Waals surface area contributed by atoms with Crippen LogP contribution in [0.25, 0.3) is 11.3 Å². The maximum atomic E-state index is 12.3. The highest BCUT2D eigenvalue weighted by molar-refractivity contribution is 5.92. The second kappa shape index (κ2) is 7.74. The number of rotatable bonds is 5. The van der Waals surface area contributed by atoms with Crippen LogP contribution in [0.15, 0.2) is 91.4 Å². The summed E-state index contributed by atoms with van der Waals surface area (Å²) >= 11 is 0. The summed E-state index contributed by atoms with van der Waals surface area (Å²) in [6, 6.07) is 21.5. The van der Waals surface area contributed by atoms with E-state index in [-0.39, 0.29) is 12.5 Å². The fourth-order valence-electron chi connectivity index (χ4n) is 3.09. The van der Waals surface area contributed by atoms with Gasteiger partial charge in [0.2, 0.25) is 5.91 Å². The molecule has 27 heavy (non-hydrogen) atoms. The summed E-state index contributed by atoms with van der Waals surface area (Å²) in [5.74, 6) is -0.0556. The molecule has 0 fully saturated rings. The number of hydrogen-bond acceptors (Lipinski definition) is 3. The molecule has 4 rings (SSSR count). The van der Waals surface area contributed by atoms with Gasteiger partial charge in [-0.3, -0.25) is 4.79 Å². The fourth-order valence-corrected chi connectivity index (χ4v) is 3.09. The van der Waals surface area contributed by atoms with Crippen molar-refractivity contribution in [3.8, 4) is 5.69 Å². The van der Waals surface area contributed by atoms with Gasteiger partial charge in [-0.15, -0.1) is 0 Å². The van der Waals surface area contributed by atoms with E-state index in [1.807, 2.05) is 88.7 Å². The highest BCUT2D eigenvalue weighted by Gasteiger charge is 2.15. The second-order valence-corrected chi connectivity index (χ2v) is 6.29. The van der Waals surface area contributed by atoms with E-state index in [1.54, 1.807) is 6.20 Å². The van der Waals surface area contributed by atoms with Crippen molar-refractivity contribution in [3.63, 3.8) is 0 Å². The number of carbonyl (C=O) groups is 1. The van der Waals surface area contributed by atoms with E-state index < -0.39 is 0 Å². The van der Waals surface area contributed by atoms with Crippen LogP contribution in [-0.4, -0.2) is 27.1 Å².